The second-order valence-corrected chi connectivity index (χ2v) is 7.53. The summed E-state index contributed by atoms with van der Waals surface area (Å²) in [5.41, 5.74) is 3.94. The number of carbonyl (C=O) groups is 1. The molecule has 2 heterocycles. The molecule has 1 aromatic heterocycles. The maximum absolute atomic E-state index is 12.9. The van der Waals surface area contributed by atoms with E-state index in [1.807, 2.05) is 35.4 Å². The van der Waals surface area contributed by atoms with Crippen molar-refractivity contribution in [2.45, 2.75) is 25.3 Å². The van der Waals surface area contributed by atoms with Gasteiger partial charge in [0.25, 0.3) is 5.91 Å². The molecule has 0 radical (unpaired) electrons. The van der Waals surface area contributed by atoms with Crippen molar-refractivity contribution in [1.29, 1.82) is 0 Å². The van der Waals surface area contributed by atoms with Gasteiger partial charge in [-0.25, -0.2) is 0 Å². The van der Waals surface area contributed by atoms with Gasteiger partial charge < -0.3 is 4.90 Å². The fourth-order valence-electron chi connectivity index (χ4n) is 3.78. The van der Waals surface area contributed by atoms with Gasteiger partial charge in [-0.3, -0.25) is 14.5 Å². The van der Waals surface area contributed by atoms with Gasteiger partial charge in [0, 0.05) is 37.0 Å². The molecule has 0 spiro atoms. The van der Waals surface area contributed by atoms with Crippen LogP contribution in [0.1, 0.15) is 33.8 Å². The normalized spacial score (nSPS) is 16.5. The summed E-state index contributed by atoms with van der Waals surface area (Å²) in [4.78, 5) is 18.9. The summed E-state index contributed by atoms with van der Waals surface area (Å²) in [7, 11) is 0. The van der Waals surface area contributed by atoms with Gasteiger partial charge in [-0.1, -0.05) is 42.5 Å². The van der Waals surface area contributed by atoms with Crippen LogP contribution in [-0.4, -0.2) is 35.2 Å². The summed E-state index contributed by atoms with van der Waals surface area (Å²) < 4.78 is 40.3. The number of nitrogens with zero attached hydrogens (tertiary/aromatic N) is 2. The summed E-state index contributed by atoms with van der Waals surface area (Å²) in [5, 5.41) is 0. The Labute approximate surface area is 178 Å². The van der Waals surface area contributed by atoms with Gasteiger partial charge in [0.15, 0.2) is 0 Å². The van der Waals surface area contributed by atoms with E-state index in [9.17, 15) is 18.0 Å². The molecule has 1 aliphatic rings. The number of benzene rings is 2. The van der Waals surface area contributed by atoms with Crippen LogP contribution in [0.15, 0.2) is 73.1 Å². The molecule has 0 aliphatic carbocycles. The molecule has 1 unspecified atom stereocenters. The Balaban J connectivity index is 1.38. The Bertz CT molecular complexity index is 1020. The maximum Gasteiger partial charge on any atom is 0.522 e. The number of hydrogen-bond donors (Lipinski definition) is 0. The molecule has 7 heteroatoms. The van der Waals surface area contributed by atoms with E-state index in [0.29, 0.717) is 30.1 Å². The van der Waals surface area contributed by atoms with E-state index in [4.69, 9.17) is 0 Å². The predicted molar refractivity (Wildman–Crippen MR) is 110 cm³/mol. The van der Waals surface area contributed by atoms with Crippen LogP contribution in [-0.2, 0) is 11.3 Å². The summed E-state index contributed by atoms with van der Waals surface area (Å²) >= 11 is 0. The van der Waals surface area contributed by atoms with E-state index in [1.165, 1.54) is 0 Å². The van der Waals surface area contributed by atoms with Crippen LogP contribution in [0.3, 0.4) is 0 Å². The molecule has 1 aliphatic heterocycles. The van der Waals surface area contributed by atoms with Gasteiger partial charge in [0.2, 0.25) is 0 Å². The van der Waals surface area contributed by atoms with E-state index >= 15 is 0 Å². The van der Waals surface area contributed by atoms with Crippen molar-refractivity contribution in [3.63, 3.8) is 0 Å². The van der Waals surface area contributed by atoms with Crippen LogP contribution in [0.2, 0.25) is 0 Å². The van der Waals surface area contributed by atoms with Crippen molar-refractivity contribution in [3.05, 3.63) is 89.7 Å². The number of ether oxygens (including phenoxy) is 1. The Morgan fingerprint density at radius 2 is 1.71 bits per heavy atom. The van der Waals surface area contributed by atoms with E-state index in [-0.39, 0.29) is 5.91 Å². The monoisotopic (exact) mass is 426 g/mol. The Hall–Kier alpha value is -3.19. The largest absolute Gasteiger partial charge is 0.522 e. The molecule has 0 bridgehead atoms. The first kappa shape index (κ1) is 21.1. The number of hydrogen-bond acceptors (Lipinski definition) is 3. The molecule has 0 saturated carbocycles. The van der Waals surface area contributed by atoms with Gasteiger partial charge in [-0.2, -0.15) is 0 Å². The average molecular weight is 426 g/mol. The first-order valence-electron chi connectivity index (χ1n) is 9.98. The highest BCUT2D eigenvalue weighted by Gasteiger charge is 2.29. The molecule has 160 valence electrons. The molecule has 1 amide bonds. The fourth-order valence-corrected chi connectivity index (χ4v) is 3.78. The lowest BCUT2D eigenvalue weighted by Crippen LogP contribution is -2.28. The van der Waals surface area contributed by atoms with Crippen LogP contribution in [0.5, 0.6) is 0 Å². The van der Waals surface area contributed by atoms with Gasteiger partial charge in [0.1, 0.15) is 0 Å². The minimum atomic E-state index is -4.64. The number of amides is 1. The third-order valence-corrected chi connectivity index (χ3v) is 5.45. The number of rotatable bonds is 5. The lowest BCUT2D eigenvalue weighted by atomic mass is 10.0. The number of likely N-dealkylation sites (tertiary alicyclic amines) is 1. The number of carbonyl (C=O) groups excluding carboxylic acids is 1. The summed E-state index contributed by atoms with van der Waals surface area (Å²) in [5.74, 6) is 0.300. The molecule has 0 N–H and O–H groups in total. The number of pyridine rings is 1. The fraction of sp³-hybridized carbons (Fsp3) is 0.250. The smallest absolute Gasteiger partial charge is 0.338 e. The zero-order valence-electron chi connectivity index (χ0n) is 16.7. The number of alkyl halides is 3. The van der Waals surface area contributed by atoms with Crippen molar-refractivity contribution < 1.29 is 22.7 Å². The Morgan fingerprint density at radius 1 is 1.03 bits per heavy atom. The lowest BCUT2D eigenvalue weighted by molar-refractivity contribution is -0.330. The molecule has 4 nitrogen and oxygen atoms in total. The SMILES string of the molecule is O=C(c1ccc(-c2ccc(COC(F)(F)F)cc2)cc1)N1CCC(c2cccnc2)C1. The lowest BCUT2D eigenvalue weighted by Gasteiger charge is -2.17. The van der Waals surface area contributed by atoms with Crippen LogP contribution in [0, 0.1) is 0 Å². The molecule has 4 rings (SSSR count). The third kappa shape index (κ3) is 5.30. The minimum absolute atomic E-state index is 0.00223. The zero-order valence-corrected chi connectivity index (χ0v) is 16.7. The highest BCUT2D eigenvalue weighted by Crippen LogP contribution is 2.28. The summed E-state index contributed by atoms with van der Waals surface area (Å²) in [6, 6.07) is 17.9. The first-order chi connectivity index (χ1) is 14.9. The molecular formula is C24H21F3N2O2. The zero-order chi connectivity index (χ0) is 21.8. The minimum Gasteiger partial charge on any atom is -0.338 e. The summed E-state index contributed by atoms with van der Waals surface area (Å²) in [6.07, 6.45) is -0.130. The Kier molecular flexibility index (Phi) is 6.04. The maximum atomic E-state index is 12.9. The second-order valence-electron chi connectivity index (χ2n) is 7.53. The average Bonchev–Trinajstić information content (AvgIpc) is 3.28. The molecule has 1 saturated heterocycles. The van der Waals surface area contributed by atoms with Gasteiger partial charge in [-0.05, 0) is 46.9 Å². The molecule has 1 fully saturated rings. The quantitative estimate of drug-likeness (QED) is 0.548. The van der Waals surface area contributed by atoms with Gasteiger partial charge in [-0.15, -0.1) is 13.2 Å². The number of halogens is 3. The molecule has 31 heavy (non-hydrogen) atoms. The third-order valence-electron chi connectivity index (χ3n) is 5.45. The van der Waals surface area contributed by atoms with Crippen molar-refractivity contribution in [2.75, 3.05) is 13.1 Å². The van der Waals surface area contributed by atoms with Crippen LogP contribution >= 0.6 is 0 Å². The van der Waals surface area contributed by atoms with Crippen LogP contribution in [0.4, 0.5) is 13.2 Å². The molecule has 3 aromatic rings. The van der Waals surface area contributed by atoms with E-state index in [2.05, 4.69) is 9.72 Å². The summed E-state index contributed by atoms with van der Waals surface area (Å²) in [6.45, 7) is 0.864. The van der Waals surface area contributed by atoms with Crippen molar-refractivity contribution in [2.24, 2.45) is 0 Å². The van der Waals surface area contributed by atoms with Gasteiger partial charge in [0.05, 0.1) is 6.61 Å². The van der Waals surface area contributed by atoms with Crippen molar-refractivity contribution in [1.82, 2.24) is 9.88 Å². The van der Waals surface area contributed by atoms with E-state index in [1.54, 1.807) is 42.6 Å². The Morgan fingerprint density at radius 3 is 2.32 bits per heavy atom. The molecular weight excluding hydrogens is 405 g/mol. The first-order valence-corrected chi connectivity index (χ1v) is 9.98. The topological polar surface area (TPSA) is 42.4 Å². The highest BCUT2D eigenvalue weighted by molar-refractivity contribution is 5.95. The van der Waals surface area contributed by atoms with Crippen LogP contribution < -0.4 is 0 Å². The molecule has 2 aromatic carbocycles. The van der Waals surface area contributed by atoms with Crippen molar-refractivity contribution in [3.8, 4) is 11.1 Å². The van der Waals surface area contributed by atoms with Crippen molar-refractivity contribution >= 4 is 5.91 Å². The van der Waals surface area contributed by atoms with Gasteiger partial charge >= 0.3 is 6.36 Å². The second kappa shape index (κ2) is 8.89. The highest BCUT2D eigenvalue weighted by atomic mass is 19.4. The van der Waals surface area contributed by atoms with E-state index in [0.717, 1.165) is 23.1 Å². The molecule has 1 atom stereocenters. The standard InChI is InChI=1S/C24H21F3N2O2/c25-24(26,27)31-16-17-3-5-18(6-4-17)19-7-9-20(10-8-19)23(30)29-13-11-22(15-29)21-2-1-12-28-14-21/h1-10,12,14,22H,11,13,15-16H2. The van der Waals surface area contributed by atoms with Crippen LogP contribution in [0.25, 0.3) is 11.1 Å². The van der Waals surface area contributed by atoms with E-state index < -0.39 is 13.0 Å². The predicted octanol–water partition coefficient (Wildman–Crippen LogP) is 5.41. The number of aromatic nitrogens is 1.